The predicted octanol–water partition coefficient (Wildman–Crippen LogP) is -0.641. The van der Waals surface area contributed by atoms with Crippen LogP contribution >= 0.6 is 0 Å². The quantitative estimate of drug-likeness (QED) is 0.0533. The third-order valence-corrected chi connectivity index (χ3v) is 11.3. The zero-order chi connectivity index (χ0) is 48.2. The number of amides is 7. The molecule has 7 amide bonds. The highest BCUT2D eigenvalue weighted by atomic mass is 16.5. The number of hydrogen-bond acceptors (Lipinski definition) is 12. The molecular weight excluding hydrogens is 841 g/mol. The van der Waals surface area contributed by atoms with Gasteiger partial charge in [0, 0.05) is 19.9 Å². The number of hydrogen-bond donors (Lipinski definition) is 9. The van der Waals surface area contributed by atoms with Crippen molar-refractivity contribution >= 4 is 47.3 Å². The molecule has 0 aromatic heterocycles. The Morgan fingerprint density at radius 3 is 1.85 bits per heavy atom. The summed E-state index contributed by atoms with van der Waals surface area (Å²) in [5.41, 5.74) is 7.06. The number of primary amides is 1. The van der Waals surface area contributed by atoms with E-state index >= 15 is 0 Å². The van der Waals surface area contributed by atoms with E-state index in [9.17, 15) is 48.6 Å². The Morgan fingerprint density at radius 2 is 1.31 bits per heavy atom. The molecule has 0 radical (unpaired) electrons. The topological polar surface area (TPSA) is 288 Å². The van der Waals surface area contributed by atoms with E-state index < -0.39 is 109 Å². The van der Waals surface area contributed by atoms with Gasteiger partial charge in [0.2, 0.25) is 41.4 Å². The van der Waals surface area contributed by atoms with Gasteiger partial charge >= 0.3 is 5.97 Å². The Bertz CT molecular complexity index is 1900. The number of rotatable bonds is 26. The molecule has 0 saturated carbocycles. The molecule has 0 aliphatic carbocycles. The van der Waals surface area contributed by atoms with E-state index in [-0.39, 0.29) is 37.6 Å². The van der Waals surface area contributed by atoms with Gasteiger partial charge in [0.1, 0.15) is 30.2 Å². The smallest absolute Gasteiger partial charge is 0.328 e. The zero-order valence-corrected chi connectivity index (χ0v) is 38.2. The van der Waals surface area contributed by atoms with Crippen LogP contribution in [-0.2, 0) is 55.9 Å². The standard InChI is InChI=1S/C46H68N8O11/c1-7-28(4)40(45(63)52-35(46(64)65-6)23-31-17-12-9-13-18-31)53-44(62)37-19-14-20-54(37)25-38(57)32(22-30-15-10-8-11-16-30)49-42(60)34(24-39(47)58)51-41(59)33(21-27(2)3)50-43(61)36(26-55)48-29(5)56/h8-13,15-18,27-28,32-38,40,55,57H,7,14,19-26H2,1-6H3,(H2,47,58)(H,48,56)(H,49,60)(H,50,61)(H,51,59)(H,52,63)(H,53,62)/t28?,32-,33-,34-,35-,36-,37-,38?,40-/m0/s1. The Kier molecular flexibility index (Phi) is 22.0. The molecule has 1 aliphatic heterocycles. The van der Waals surface area contributed by atoms with Gasteiger partial charge in [-0.05, 0) is 55.2 Å². The van der Waals surface area contributed by atoms with Crippen LogP contribution in [0, 0.1) is 11.8 Å². The van der Waals surface area contributed by atoms with Crippen LogP contribution in [0.4, 0.5) is 0 Å². The number of carbonyl (C=O) groups is 8. The molecule has 0 spiro atoms. The molecule has 358 valence electrons. The van der Waals surface area contributed by atoms with Gasteiger partial charge in [-0.15, -0.1) is 0 Å². The Morgan fingerprint density at radius 1 is 0.754 bits per heavy atom. The number of methoxy groups -OCH3 is 1. The van der Waals surface area contributed by atoms with Gasteiger partial charge in [-0.25, -0.2) is 4.79 Å². The van der Waals surface area contributed by atoms with Crippen molar-refractivity contribution in [3.63, 3.8) is 0 Å². The summed E-state index contributed by atoms with van der Waals surface area (Å²) in [4.78, 5) is 107. The normalized spacial score (nSPS) is 17.5. The summed E-state index contributed by atoms with van der Waals surface area (Å²) in [5, 5.41) is 37.3. The van der Waals surface area contributed by atoms with Gasteiger partial charge in [-0.2, -0.15) is 0 Å². The van der Waals surface area contributed by atoms with Crippen LogP contribution in [0.15, 0.2) is 60.7 Å². The summed E-state index contributed by atoms with van der Waals surface area (Å²) >= 11 is 0. The molecule has 1 heterocycles. The minimum atomic E-state index is -1.54. The van der Waals surface area contributed by atoms with Crippen molar-refractivity contribution < 1.29 is 53.3 Å². The summed E-state index contributed by atoms with van der Waals surface area (Å²) in [7, 11) is 1.23. The molecular formula is C46H68N8O11. The lowest BCUT2D eigenvalue weighted by atomic mass is 9.96. The van der Waals surface area contributed by atoms with Crippen molar-refractivity contribution in [1.29, 1.82) is 0 Å². The second-order valence-corrected chi connectivity index (χ2v) is 17.0. The van der Waals surface area contributed by atoms with Crippen LogP contribution in [0.3, 0.4) is 0 Å². The number of benzene rings is 2. The summed E-state index contributed by atoms with van der Waals surface area (Å²) < 4.78 is 4.98. The van der Waals surface area contributed by atoms with E-state index in [4.69, 9.17) is 10.5 Å². The average Bonchev–Trinajstić information content (AvgIpc) is 3.74. The number of aliphatic hydroxyl groups excluding tert-OH is 2. The number of β-amino-alcohol motifs (C(OH)–C–C–N with tert-alkyl or cyclic N) is 1. The number of nitrogens with one attached hydrogen (secondary N) is 6. The average molecular weight is 909 g/mol. The number of ether oxygens (including phenoxy) is 1. The van der Waals surface area contributed by atoms with Crippen molar-refractivity contribution in [3.05, 3.63) is 71.8 Å². The van der Waals surface area contributed by atoms with Gasteiger partial charge in [0.25, 0.3) is 0 Å². The molecule has 2 unspecified atom stereocenters. The monoisotopic (exact) mass is 909 g/mol. The van der Waals surface area contributed by atoms with Gasteiger partial charge in [0.05, 0.1) is 38.3 Å². The lowest BCUT2D eigenvalue weighted by molar-refractivity contribution is -0.145. The van der Waals surface area contributed by atoms with E-state index in [1.807, 2.05) is 44.2 Å². The lowest BCUT2D eigenvalue weighted by Gasteiger charge is -2.33. The van der Waals surface area contributed by atoms with E-state index in [1.165, 1.54) is 7.11 Å². The molecule has 19 heteroatoms. The van der Waals surface area contributed by atoms with Gasteiger partial charge in [0.15, 0.2) is 0 Å². The number of likely N-dealkylation sites (tertiary alicyclic amines) is 1. The number of esters is 1. The molecule has 3 rings (SSSR count). The Hall–Kier alpha value is -5.92. The predicted molar refractivity (Wildman–Crippen MR) is 240 cm³/mol. The molecule has 2 aromatic carbocycles. The summed E-state index contributed by atoms with van der Waals surface area (Å²) in [6.45, 7) is 8.01. The van der Waals surface area contributed by atoms with Crippen LogP contribution in [-0.4, -0.2) is 138 Å². The van der Waals surface area contributed by atoms with Crippen molar-refractivity contribution in [3.8, 4) is 0 Å². The summed E-state index contributed by atoms with van der Waals surface area (Å²) in [6.07, 6.45) is -0.0397. The minimum Gasteiger partial charge on any atom is -0.467 e. The first-order valence-corrected chi connectivity index (χ1v) is 22.1. The van der Waals surface area contributed by atoms with Gasteiger partial charge in [-0.1, -0.05) is 94.8 Å². The molecule has 1 saturated heterocycles. The van der Waals surface area contributed by atoms with E-state index in [1.54, 1.807) is 49.1 Å². The largest absolute Gasteiger partial charge is 0.467 e. The molecule has 1 fully saturated rings. The maximum atomic E-state index is 14.0. The fourth-order valence-electron chi connectivity index (χ4n) is 7.64. The van der Waals surface area contributed by atoms with Crippen molar-refractivity contribution in [2.75, 3.05) is 26.8 Å². The van der Waals surface area contributed by atoms with Crippen LogP contribution in [0.2, 0.25) is 0 Å². The van der Waals surface area contributed by atoms with Crippen LogP contribution in [0.25, 0.3) is 0 Å². The second-order valence-electron chi connectivity index (χ2n) is 17.0. The van der Waals surface area contributed by atoms with Crippen LogP contribution < -0.4 is 37.6 Å². The number of aliphatic hydroxyl groups is 2. The summed E-state index contributed by atoms with van der Waals surface area (Å²) in [6, 6.07) is 10.2. The lowest BCUT2D eigenvalue weighted by Crippen LogP contribution is -2.60. The van der Waals surface area contributed by atoms with Gasteiger partial charge < -0.3 is 52.6 Å². The summed E-state index contributed by atoms with van der Waals surface area (Å²) in [5.74, 6) is -6.15. The molecule has 10 N–H and O–H groups in total. The second kappa shape index (κ2) is 26.8. The molecule has 2 aromatic rings. The first-order valence-electron chi connectivity index (χ1n) is 22.1. The minimum absolute atomic E-state index is 0.0890. The molecule has 0 bridgehead atoms. The highest BCUT2D eigenvalue weighted by molar-refractivity contribution is 5.96. The maximum Gasteiger partial charge on any atom is 0.328 e. The van der Waals surface area contributed by atoms with Crippen LogP contribution in [0.5, 0.6) is 0 Å². The Labute approximate surface area is 380 Å². The van der Waals surface area contributed by atoms with E-state index in [2.05, 4.69) is 31.9 Å². The maximum absolute atomic E-state index is 14.0. The number of nitrogens with zero attached hydrogens (tertiary/aromatic N) is 1. The first-order chi connectivity index (χ1) is 30.9. The fraction of sp³-hybridized carbons (Fsp3) is 0.565. The van der Waals surface area contributed by atoms with Gasteiger partial charge in [-0.3, -0.25) is 38.5 Å². The third kappa shape index (κ3) is 17.5. The molecule has 65 heavy (non-hydrogen) atoms. The third-order valence-electron chi connectivity index (χ3n) is 11.3. The number of nitrogens with two attached hydrogens (primary N) is 1. The first kappa shape index (κ1) is 53.4. The molecule has 9 atom stereocenters. The molecule has 1 aliphatic rings. The molecule has 19 nitrogen and oxygen atoms in total. The fourth-order valence-corrected chi connectivity index (χ4v) is 7.64. The van der Waals surface area contributed by atoms with Crippen molar-refractivity contribution in [2.45, 2.75) is 128 Å². The van der Waals surface area contributed by atoms with Crippen molar-refractivity contribution in [1.82, 2.24) is 36.8 Å². The van der Waals surface area contributed by atoms with E-state index in [0.29, 0.717) is 25.8 Å². The van der Waals surface area contributed by atoms with E-state index in [0.717, 1.165) is 18.1 Å². The number of carbonyl (C=O) groups excluding carboxylic acids is 8. The van der Waals surface area contributed by atoms with Crippen LogP contribution in [0.1, 0.15) is 77.8 Å². The highest BCUT2D eigenvalue weighted by Crippen LogP contribution is 2.21. The Balaban J connectivity index is 1.82. The zero-order valence-electron chi connectivity index (χ0n) is 38.2. The SMILES string of the molecule is CCC(C)[C@H](NC(=O)[C@@H]1CCCN1CC(O)[C@H](Cc1ccccc1)NC(=O)[C@H](CC(N)=O)NC(=O)[C@H](CC(C)C)NC(=O)[C@H](CO)NC(C)=O)C(=O)N[C@@H](Cc1ccccc1)C(=O)OC. The van der Waals surface area contributed by atoms with Crippen molar-refractivity contribution in [2.24, 2.45) is 17.6 Å². The highest BCUT2D eigenvalue weighted by Gasteiger charge is 2.38.